The number of hydrogen-bond acceptors (Lipinski definition) is 2. The highest BCUT2D eigenvalue weighted by molar-refractivity contribution is 6.35. The lowest BCUT2D eigenvalue weighted by molar-refractivity contribution is 0.359. The van der Waals surface area contributed by atoms with E-state index < -0.39 is 0 Å². The van der Waals surface area contributed by atoms with Crippen LogP contribution in [0.3, 0.4) is 0 Å². The first-order valence-electron chi connectivity index (χ1n) is 4.25. The van der Waals surface area contributed by atoms with Crippen molar-refractivity contribution in [2.45, 2.75) is 6.54 Å². The molecule has 5 heteroatoms. The van der Waals surface area contributed by atoms with Gasteiger partial charge in [0, 0.05) is 22.7 Å². The topological polar surface area (TPSA) is 35.2 Å². The van der Waals surface area contributed by atoms with Crippen LogP contribution in [0.2, 0.25) is 10.0 Å². The summed E-state index contributed by atoms with van der Waals surface area (Å²) in [6.07, 6.45) is 1.66. The van der Waals surface area contributed by atoms with E-state index >= 15 is 0 Å². The molecule has 0 aliphatic carbocycles. The molecule has 0 heterocycles. The Morgan fingerprint density at radius 3 is 2.67 bits per heavy atom. The minimum Gasteiger partial charge on any atom is -0.488 e. The van der Waals surface area contributed by atoms with E-state index in [0.29, 0.717) is 28.9 Å². The number of halogens is 3. The van der Waals surface area contributed by atoms with E-state index in [-0.39, 0.29) is 0 Å². The fraction of sp³-hybridized carbons (Fsp3) is 0.200. The van der Waals surface area contributed by atoms with E-state index in [1.54, 1.807) is 18.2 Å². The molecule has 0 aliphatic heterocycles. The molecule has 0 fully saturated rings. The van der Waals surface area contributed by atoms with Crippen molar-refractivity contribution >= 4 is 34.8 Å². The van der Waals surface area contributed by atoms with Crippen LogP contribution >= 0.6 is 34.8 Å². The Morgan fingerprint density at radius 2 is 2.07 bits per heavy atom. The van der Waals surface area contributed by atoms with Crippen molar-refractivity contribution in [3.05, 3.63) is 39.4 Å². The molecule has 0 aromatic heterocycles. The van der Waals surface area contributed by atoms with Crippen LogP contribution in [0.25, 0.3) is 0 Å². The molecule has 0 amide bonds. The van der Waals surface area contributed by atoms with Crippen LogP contribution in [0.15, 0.2) is 23.7 Å². The quantitative estimate of drug-likeness (QED) is 0.904. The molecule has 0 bridgehead atoms. The maximum atomic E-state index is 5.97. The summed E-state index contributed by atoms with van der Waals surface area (Å²) in [7, 11) is 0. The SMILES string of the molecule is NCc1cc(Cl)cc(Cl)c1OC/C=C/Cl. The molecule has 2 nitrogen and oxygen atoms in total. The molecular weight excluding hydrogens is 256 g/mol. The minimum absolute atomic E-state index is 0.320. The summed E-state index contributed by atoms with van der Waals surface area (Å²) in [5, 5.41) is 0.992. The lowest BCUT2D eigenvalue weighted by Gasteiger charge is -2.11. The second kappa shape index (κ2) is 6.23. The lowest BCUT2D eigenvalue weighted by Crippen LogP contribution is -2.03. The molecule has 15 heavy (non-hydrogen) atoms. The van der Waals surface area contributed by atoms with E-state index in [4.69, 9.17) is 45.3 Å². The van der Waals surface area contributed by atoms with Gasteiger partial charge in [-0.3, -0.25) is 0 Å². The maximum absolute atomic E-state index is 5.97. The molecule has 2 N–H and O–H groups in total. The molecule has 0 spiro atoms. The first-order valence-corrected chi connectivity index (χ1v) is 5.44. The van der Waals surface area contributed by atoms with Crippen LogP contribution in [0, 0.1) is 0 Å². The standard InChI is InChI=1S/C10H10Cl3NO/c11-2-1-3-15-10-7(6-14)4-8(12)5-9(10)13/h1-2,4-5H,3,6,14H2/b2-1+. The van der Waals surface area contributed by atoms with Gasteiger partial charge < -0.3 is 10.5 Å². The highest BCUT2D eigenvalue weighted by atomic mass is 35.5. The molecule has 0 aliphatic rings. The number of nitrogens with two attached hydrogens (primary N) is 1. The second-order valence-corrected chi connectivity index (χ2v) is 3.85. The highest BCUT2D eigenvalue weighted by Crippen LogP contribution is 2.32. The van der Waals surface area contributed by atoms with E-state index in [0.717, 1.165) is 5.56 Å². The maximum Gasteiger partial charge on any atom is 0.142 e. The third-order valence-electron chi connectivity index (χ3n) is 1.72. The minimum atomic E-state index is 0.320. The lowest BCUT2D eigenvalue weighted by atomic mass is 10.2. The Morgan fingerprint density at radius 1 is 1.33 bits per heavy atom. The van der Waals surface area contributed by atoms with Gasteiger partial charge >= 0.3 is 0 Å². The van der Waals surface area contributed by atoms with Gasteiger partial charge in [-0.05, 0) is 18.2 Å². The molecule has 1 aromatic rings. The van der Waals surface area contributed by atoms with Crippen molar-refractivity contribution in [3.8, 4) is 5.75 Å². The molecule has 0 unspecified atom stereocenters. The van der Waals surface area contributed by atoms with Crippen molar-refractivity contribution in [1.82, 2.24) is 0 Å². The summed E-state index contributed by atoms with van der Waals surface area (Å²) in [4.78, 5) is 0. The van der Waals surface area contributed by atoms with E-state index in [1.165, 1.54) is 5.54 Å². The van der Waals surface area contributed by atoms with Crippen LogP contribution in [-0.2, 0) is 6.54 Å². The van der Waals surface area contributed by atoms with Gasteiger partial charge in [-0.15, -0.1) is 0 Å². The van der Waals surface area contributed by atoms with Crippen molar-refractivity contribution in [2.75, 3.05) is 6.61 Å². The van der Waals surface area contributed by atoms with Gasteiger partial charge in [-0.1, -0.05) is 34.8 Å². The van der Waals surface area contributed by atoms with E-state index in [2.05, 4.69) is 0 Å². The molecule has 82 valence electrons. The van der Waals surface area contributed by atoms with Gasteiger partial charge in [0.25, 0.3) is 0 Å². The summed E-state index contributed by atoms with van der Waals surface area (Å²) in [6.45, 7) is 0.665. The number of ether oxygens (including phenoxy) is 1. The van der Waals surface area contributed by atoms with E-state index in [9.17, 15) is 0 Å². The Bertz CT molecular complexity index is 366. The Hall–Kier alpha value is -0.410. The van der Waals surface area contributed by atoms with Crippen molar-refractivity contribution in [3.63, 3.8) is 0 Å². The van der Waals surface area contributed by atoms with E-state index in [1.807, 2.05) is 0 Å². The average molecular weight is 267 g/mol. The third-order valence-corrected chi connectivity index (χ3v) is 2.40. The molecule has 0 radical (unpaired) electrons. The molecule has 1 aromatic carbocycles. The Kier molecular flexibility index (Phi) is 5.26. The fourth-order valence-corrected chi connectivity index (χ4v) is 1.76. The van der Waals surface area contributed by atoms with Crippen molar-refractivity contribution < 1.29 is 4.74 Å². The molecule has 1 rings (SSSR count). The highest BCUT2D eigenvalue weighted by Gasteiger charge is 2.08. The summed E-state index contributed by atoms with van der Waals surface area (Å²) < 4.78 is 5.41. The fourth-order valence-electron chi connectivity index (χ4n) is 1.09. The molecule has 0 saturated carbocycles. The zero-order chi connectivity index (χ0) is 11.3. The molecule has 0 saturated heterocycles. The van der Waals surface area contributed by atoms with Crippen LogP contribution < -0.4 is 10.5 Å². The summed E-state index contributed by atoms with van der Waals surface area (Å²) in [6, 6.07) is 3.34. The number of rotatable bonds is 4. The van der Waals surface area contributed by atoms with Gasteiger partial charge in [-0.25, -0.2) is 0 Å². The zero-order valence-electron chi connectivity index (χ0n) is 7.84. The Balaban J connectivity index is 2.93. The van der Waals surface area contributed by atoms with Gasteiger partial charge in [-0.2, -0.15) is 0 Å². The monoisotopic (exact) mass is 265 g/mol. The number of benzene rings is 1. The molecule has 0 atom stereocenters. The van der Waals surface area contributed by atoms with Gasteiger partial charge in [0.05, 0.1) is 5.02 Å². The Labute approximate surface area is 104 Å². The first kappa shape index (κ1) is 12.7. The van der Waals surface area contributed by atoms with Gasteiger partial charge in [0.15, 0.2) is 0 Å². The summed E-state index contributed by atoms with van der Waals surface area (Å²) >= 11 is 17.2. The van der Waals surface area contributed by atoms with Gasteiger partial charge in [0.1, 0.15) is 12.4 Å². The van der Waals surface area contributed by atoms with Crippen LogP contribution in [0.4, 0.5) is 0 Å². The van der Waals surface area contributed by atoms with Crippen molar-refractivity contribution in [1.29, 1.82) is 0 Å². The first-order chi connectivity index (χ1) is 7.19. The average Bonchev–Trinajstić information content (AvgIpc) is 2.20. The van der Waals surface area contributed by atoms with Gasteiger partial charge in [0.2, 0.25) is 0 Å². The summed E-state index contributed by atoms with van der Waals surface area (Å²) in [5.74, 6) is 0.554. The van der Waals surface area contributed by atoms with Crippen LogP contribution in [-0.4, -0.2) is 6.61 Å². The number of hydrogen-bond donors (Lipinski definition) is 1. The smallest absolute Gasteiger partial charge is 0.142 e. The van der Waals surface area contributed by atoms with Crippen LogP contribution in [0.5, 0.6) is 5.75 Å². The normalized spacial score (nSPS) is 10.9. The predicted molar refractivity (Wildman–Crippen MR) is 64.8 cm³/mol. The third kappa shape index (κ3) is 3.58. The zero-order valence-corrected chi connectivity index (χ0v) is 10.1. The second-order valence-electron chi connectivity index (χ2n) is 2.75. The largest absolute Gasteiger partial charge is 0.488 e. The molecular formula is C10H10Cl3NO. The summed E-state index contributed by atoms with van der Waals surface area (Å²) in [5.41, 5.74) is 7.71. The predicted octanol–water partition coefficient (Wildman–Crippen LogP) is 3.58. The van der Waals surface area contributed by atoms with Crippen molar-refractivity contribution in [2.24, 2.45) is 5.73 Å². The van der Waals surface area contributed by atoms with Crippen LogP contribution in [0.1, 0.15) is 5.56 Å².